The van der Waals surface area contributed by atoms with E-state index in [0.29, 0.717) is 0 Å². The van der Waals surface area contributed by atoms with Crippen LogP contribution < -0.4 is 0 Å². The molecule has 0 bridgehead atoms. The van der Waals surface area contributed by atoms with E-state index in [1.54, 1.807) is 0 Å². The third-order valence-electron chi connectivity index (χ3n) is 0. The molecule has 6 heavy (non-hydrogen) atoms. The third kappa shape index (κ3) is 67.2. The van der Waals surface area contributed by atoms with Crippen LogP contribution in [0.5, 0.6) is 0 Å². The first-order chi connectivity index (χ1) is 2.83. The van der Waals surface area contributed by atoms with Crippen molar-refractivity contribution in [2.24, 2.45) is 0 Å². The van der Waals surface area contributed by atoms with Crippen molar-refractivity contribution in [3.8, 4) is 0 Å². The second-order valence-electron chi connectivity index (χ2n) is 0.143. The van der Waals surface area contributed by atoms with E-state index >= 15 is 0 Å². The van der Waals surface area contributed by atoms with Crippen LogP contribution in [0.15, 0.2) is 0 Å². The first-order valence-electron chi connectivity index (χ1n) is 0.756. The van der Waals surface area contributed by atoms with Gasteiger partial charge in [-0.05, 0) is 0 Å². The molecule has 0 amide bonds. The fourth-order valence-electron chi connectivity index (χ4n) is 0. The Balaban J connectivity index is 0. The predicted molar refractivity (Wildman–Crippen MR) is 4.43 cm³/mol. The Hall–Kier alpha value is 1.15. The number of hydrogen-bond donors (Lipinski definition) is 0. The van der Waals surface area contributed by atoms with Crippen molar-refractivity contribution in [3.05, 3.63) is 0 Å². The summed E-state index contributed by atoms with van der Waals surface area (Å²) in [5.41, 5.74) is 0. The Morgan fingerprint density at radius 3 is 0.667 bits per heavy atom. The quantitative estimate of drug-likeness (QED) is 0.385. The van der Waals surface area contributed by atoms with Crippen molar-refractivity contribution >= 4 is 0 Å². The molecule has 0 aliphatic rings. The molecule has 0 N–H and O–H groups in total. The Bertz CT molecular complexity index is 7.51. The zero-order chi connectivity index (χ0) is 5.41. The van der Waals surface area contributed by atoms with Crippen LogP contribution in [0.25, 0.3) is 0 Å². The van der Waals surface area contributed by atoms with Gasteiger partial charge in [-0.3, -0.25) is 0 Å². The minimum atomic E-state index is -2.50. The molecule has 0 aromatic carbocycles. The first kappa shape index (κ1) is 10.2. The van der Waals surface area contributed by atoms with Crippen LogP contribution in [0.4, 0.5) is 12.4 Å². The molecule has 0 heterocycles. The van der Waals surface area contributed by atoms with E-state index in [2.05, 4.69) is 0 Å². The molecule has 0 spiro atoms. The molecule has 0 unspecified atom stereocenters. The van der Waals surface area contributed by atoms with Gasteiger partial charge in [-0.25, -0.2) is 0 Å². The van der Waals surface area contributed by atoms with E-state index in [4.69, 9.17) is 0 Å². The van der Waals surface area contributed by atoms with E-state index in [-0.39, 0.29) is 0 Å². The minimum absolute atomic E-state index is 2.50. The fourth-order valence-corrected chi connectivity index (χ4v) is 0. The zero-order valence-corrected chi connectivity index (χ0v) is 5.63. The summed E-state index contributed by atoms with van der Waals surface area (Å²) in [6.45, 7) is 0. The van der Waals surface area contributed by atoms with Gasteiger partial charge in [0.15, 0.2) is 0 Å². The molecule has 0 radical (unpaired) electrons. The van der Waals surface area contributed by atoms with Crippen molar-refractivity contribution in [3.63, 3.8) is 0 Å². The fraction of sp³-hybridized carbons (Fsp3) is 0. The van der Waals surface area contributed by atoms with E-state index < -0.39 is 40.4 Å². The average Bonchev–Trinajstić information content (AvgIpc) is 1.39. The topological polar surface area (TPSA) is 0 Å². The van der Waals surface area contributed by atoms with E-state index in [9.17, 15) is 12.4 Å². The molecule has 0 aliphatic heterocycles. The molecule has 0 atom stereocenters. The van der Waals surface area contributed by atoms with Gasteiger partial charge in [-0.1, -0.05) is 0 Å². The van der Waals surface area contributed by atoms with E-state index in [1.807, 2.05) is 0 Å². The summed E-state index contributed by atoms with van der Waals surface area (Å²) in [7, 11) is 0. The number of halogens is 4. The summed E-state index contributed by atoms with van der Waals surface area (Å²) in [5.74, 6) is 0. The van der Waals surface area contributed by atoms with Gasteiger partial charge in [0.05, 0.1) is 0 Å². The summed E-state index contributed by atoms with van der Waals surface area (Å²) in [6.07, 6.45) is 0. The summed E-state index contributed by atoms with van der Waals surface area (Å²) >= 11 is -5.00. The van der Waals surface area contributed by atoms with E-state index in [1.165, 1.54) is 0 Å². The van der Waals surface area contributed by atoms with Gasteiger partial charge < -0.3 is 0 Å². The van der Waals surface area contributed by atoms with Gasteiger partial charge in [-0.2, -0.15) is 0 Å². The second-order valence-corrected chi connectivity index (χ2v) is 0.589. The maximum absolute atomic E-state index is 9.75. The standard InChI is InChI=1S/4FH.2Ti/h4*1H;;/q;;;;2*+2/p-4. The van der Waals surface area contributed by atoms with Gasteiger partial charge in [0, 0.05) is 0 Å². The number of rotatable bonds is 0. The van der Waals surface area contributed by atoms with Crippen LogP contribution in [-0.4, -0.2) is 0 Å². The van der Waals surface area contributed by atoms with Gasteiger partial charge in [0.25, 0.3) is 0 Å². The van der Waals surface area contributed by atoms with Crippen LogP contribution in [-0.2, 0) is 40.4 Å². The second kappa shape index (κ2) is 16.4. The van der Waals surface area contributed by atoms with Crippen molar-refractivity contribution in [2.45, 2.75) is 0 Å². The first-order valence-corrected chi connectivity index (χ1v) is 3.12. The van der Waals surface area contributed by atoms with Crippen molar-refractivity contribution < 1.29 is 52.8 Å². The summed E-state index contributed by atoms with van der Waals surface area (Å²) < 4.78 is 39.0. The molecule has 36 valence electrons. The van der Waals surface area contributed by atoms with Gasteiger partial charge in [0.2, 0.25) is 0 Å². The SMILES string of the molecule is [F][Ti][F].[F][Ti][F]. The molecule has 0 fully saturated rings. The Morgan fingerprint density at radius 2 is 0.667 bits per heavy atom. The number of hydrogen-bond acceptors (Lipinski definition) is 0. The van der Waals surface area contributed by atoms with Crippen LogP contribution >= 0.6 is 0 Å². The van der Waals surface area contributed by atoms with E-state index in [0.717, 1.165) is 0 Å². The Kier molecular flexibility index (Phi) is 27.9. The van der Waals surface area contributed by atoms with Gasteiger partial charge in [-0.15, -0.1) is 0 Å². The third-order valence-corrected chi connectivity index (χ3v) is 0. The molecule has 0 rings (SSSR count). The average molecular weight is 172 g/mol. The van der Waals surface area contributed by atoms with Crippen LogP contribution in [0.2, 0.25) is 0 Å². The predicted octanol–water partition coefficient (Wildman–Crippen LogP) is 1.68. The summed E-state index contributed by atoms with van der Waals surface area (Å²) in [5, 5.41) is 0. The van der Waals surface area contributed by atoms with Crippen LogP contribution in [0, 0.1) is 0 Å². The molecule has 0 aromatic heterocycles. The van der Waals surface area contributed by atoms with Crippen molar-refractivity contribution in [2.75, 3.05) is 0 Å². The van der Waals surface area contributed by atoms with Crippen LogP contribution in [0.3, 0.4) is 0 Å². The van der Waals surface area contributed by atoms with Crippen molar-refractivity contribution in [1.29, 1.82) is 0 Å². The Labute approximate surface area is 52.9 Å². The monoisotopic (exact) mass is 172 g/mol. The Morgan fingerprint density at radius 1 is 0.667 bits per heavy atom. The molecule has 6 heteroatoms. The normalized spacial score (nSPS) is 4.67. The summed E-state index contributed by atoms with van der Waals surface area (Å²) in [4.78, 5) is 0. The molecule has 0 saturated carbocycles. The molecule has 0 aliphatic carbocycles. The van der Waals surface area contributed by atoms with Gasteiger partial charge in [0.1, 0.15) is 0 Å². The summed E-state index contributed by atoms with van der Waals surface area (Å²) in [6, 6.07) is 0. The van der Waals surface area contributed by atoms with Gasteiger partial charge >= 0.3 is 52.8 Å². The van der Waals surface area contributed by atoms with Crippen molar-refractivity contribution in [1.82, 2.24) is 0 Å². The van der Waals surface area contributed by atoms with Crippen LogP contribution in [0.1, 0.15) is 0 Å². The molecule has 0 saturated heterocycles. The zero-order valence-electron chi connectivity index (χ0n) is 2.51. The maximum atomic E-state index is 9.75. The molecule has 0 nitrogen and oxygen atoms in total. The molecule has 0 aromatic rings. The molecular formula is F4Ti2. The molecular weight excluding hydrogens is 172 g/mol.